The van der Waals surface area contributed by atoms with Gasteiger partial charge in [0.1, 0.15) is 4.47 Å². The van der Waals surface area contributed by atoms with Crippen molar-refractivity contribution in [3.63, 3.8) is 0 Å². The van der Waals surface area contributed by atoms with Gasteiger partial charge < -0.3 is 10.5 Å². The second kappa shape index (κ2) is 4.21. The maximum absolute atomic E-state index is 11.9. The zero-order valence-corrected chi connectivity index (χ0v) is 9.18. The summed E-state index contributed by atoms with van der Waals surface area (Å²) < 4.78 is 40.3. The van der Waals surface area contributed by atoms with Gasteiger partial charge in [0.15, 0.2) is 6.61 Å². The Morgan fingerprint density at radius 2 is 2.00 bits per heavy atom. The van der Waals surface area contributed by atoms with Gasteiger partial charge in [-0.15, -0.1) is 0 Å². The molecule has 84 valence electrons. The molecule has 1 aromatic rings. The van der Waals surface area contributed by atoms with E-state index < -0.39 is 12.8 Å². The fourth-order valence-corrected chi connectivity index (χ4v) is 1.09. The molecule has 1 aromatic heterocycles. The molecule has 0 unspecified atom stereocenters. The molecule has 0 atom stereocenters. The average molecular weight is 286 g/mol. The van der Waals surface area contributed by atoms with Crippen LogP contribution in [0.3, 0.4) is 0 Å². The molecule has 0 aliphatic rings. The Kier molecular flexibility index (Phi) is 3.38. The molecule has 4 nitrogen and oxygen atoms in total. The fraction of sp³-hybridized carbons (Fsp3) is 0.429. The summed E-state index contributed by atoms with van der Waals surface area (Å²) in [4.78, 5) is 7.27. The number of alkyl halides is 3. The Bertz CT molecular complexity index is 369. The number of hydrogen-bond donors (Lipinski definition) is 1. The highest BCUT2D eigenvalue weighted by Crippen LogP contribution is 2.27. The van der Waals surface area contributed by atoms with Gasteiger partial charge in [0, 0.05) is 0 Å². The summed E-state index contributed by atoms with van der Waals surface area (Å²) in [6.07, 6.45) is -4.41. The number of aryl methyl sites for hydroxylation is 1. The number of aromatic nitrogens is 2. The quantitative estimate of drug-likeness (QED) is 0.904. The predicted octanol–water partition coefficient (Wildman–Crippen LogP) is 2.07. The number of hydrogen-bond acceptors (Lipinski definition) is 4. The Balaban J connectivity index is 2.86. The first-order chi connectivity index (χ1) is 6.79. The summed E-state index contributed by atoms with van der Waals surface area (Å²) in [6.45, 7) is 0.157. The van der Waals surface area contributed by atoms with E-state index >= 15 is 0 Å². The van der Waals surface area contributed by atoms with Crippen molar-refractivity contribution in [2.75, 3.05) is 12.3 Å². The number of nitrogen functional groups attached to an aromatic ring is 1. The summed E-state index contributed by atoms with van der Waals surface area (Å²) in [5, 5.41) is 0. The monoisotopic (exact) mass is 285 g/mol. The Morgan fingerprint density at radius 1 is 1.40 bits per heavy atom. The first-order valence-electron chi connectivity index (χ1n) is 3.79. The number of ether oxygens (including phenoxy) is 1. The minimum absolute atomic E-state index is 0.132. The summed E-state index contributed by atoms with van der Waals surface area (Å²) in [7, 11) is 0. The second-order valence-corrected chi connectivity index (χ2v) is 3.48. The van der Waals surface area contributed by atoms with Crippen molar-refractivity contribution in [3.8, 4) is 5.88 Å². The van der Waals surface area contributed by atoms with Crippen molar-refractivity contribution in [2.45, 2.75) is 13.1 Å². The van der Waals surface area contributed by atoms with Gasteiger partial charge in [-0.2, -0.15) is 18.2 Å². The van der Waals surface area contributed by atoms with E-state index in [1.807, 2.05) is 0 Å². The minimum atomic E-state index is -4.41. The van der Waals surface area contributed by atoms with Crippen LogP contribution in [0.2, 0.25) is 0 Å². The summed E-state index contributed by atoms with van der Waals surface area (Å²) in [6, 6.07) is 0. The van der Waals surface area contributed by atoms with E-state index in [-0.39, 0.29) is 16.3 Å². The fourth-order valence-electron chi connectivity index (χ4n) is 0.800. The summed E-state index contributed by atoms with van der Waals surface area (Å²) in [5.74, 6) is -0.342. The van der Waals surface area contributed by atoms with E-state index in [1.54, 1.807) is 6.92 Å². The number of nitrogens with two attached hydrogens (primary N) is 1. The third kappa shape index (κ3) is 3.54. The maximum Gasteiger partial charge on any atom is 0.422 e. The maximum atomic E-state index is 11.9. The van der Waals surface area contributed by atoms with Crippen molar-refractivity contribution >= 4 is 21.9 Å². The van der Waals surface area contributed by atoms with Gasteiger partial charge in [-0.25, -0.2) is 4.98 Å². The van der Waals surface area contributed by atoms with E-state index in [2.05, 4.69) is 30.6 Å². The van der Waals surface area contributed by atoms with Gasteiger partial charge in [0.25, 0.3) is 0 Å². The van der Waals surface area contributed by atoms with Crippen LogP contribution in [0.4, 0.5) is 19.1 Å². The van der Waals surface area contributed by atoms with Crippen LogP contribution in [-0.2, 0) is 0 Å². The largest absolute Gasteiger partial charge is 0.467 e. The van der Waals surface area contributed by atoms with Crippen molar-refractivity contribution in [3.05, 3.63) is 10.2 Å². The molecule has 0 aromatic carbocycles. The second-order valence-electron chi connectivity index (χ2n) is 2.69. The van der Waals surface area contributed by atoms with Gasteiger partial charge in [-0.1, -0.05) is 0 Å². The Labute approximate surface area is 91.8 Å². The molecule has 0 saturated carbocycles. The molecule has 2 N–H and O–H groups in total. The van der Waals surface area contributed by atoms with Crippen LogP contribution >= 0.6 is 15.9 Å². The lowest BCUT2D eigenvalue weighted by Gasteiger charge is -2.10. The molecule has 0 spiro atoms. The number of anilines is 1. The van der Waals surface area contributed by atoms with Crippen LogP contribution in [0.25, 0.3) is 0 Å². The van der Waals surface area contributed by atoms with Crippen molar-refractivity contribution in [1.82, 2.24) is 9.97 Å². The van der Waals surface area contributed by atoms with Gasteiger partial charge >= 0.3 is 6.18 Å². The first kappa shape index (κ1) is 12.0. The lowest BCUT2D eigenvalue weighted by atomic mass is 10.4. The van der Waals surface area contributed by atoms with Gasteiger partial charge in [0.05, 0.1) is 5.69 Å². The summed E-state index contributed by atoms with van der Waals surface area (Å²) >= 11 is 3.01. The molecule has 0 aliphatic carbocycles. The Morgan fingerprint density at radius 3 is 2.53 bits per heavy atom. The molecule has 0 aliphatic heterocycles. The SMILES string of the molecule is Cc1nc(N)nc(OCC(F)(F)F)c1Br. The smallest absolute Gasteiger partial charge is 0.422 e. The van der Waals surface area contributed by atoms with Crippen LogP contribution in [0.15, 0.2) is 4.47 Å². The summed E-state index contributed by atoms with van der Waals surface area (Å²) in [5.41, 5.74) is 5.68. The number of rotatable bonds is 2. The van der Waals surface area contributed by atoms with Crippen molar-refractivity contribution in [2.24, 2.45) is 0 Å². The normalized spacial score (nSPS) is 11.5. The van der Waals surface area contributed by atoms with Crippen LogP contribution < -0.4 is 10.5 Å². The molecular formula is C7H7BrF3N3O. The van der Waals surface area contributed by atoms with Gasteiger partial charge in [0.2, 0.25) is 11.8 Å². The van der Waals surface area contributed by atoms with Gasteiger partial charge in [-0.3, -0.25) is 0 Å². The lowest BCUT2D eigenvalue weighted by molar-refractivity contribution is -0.154. The zero-order chi connectivity index (χ0) is 11.6. The van der Waals surface area contributed by atoms with E-state index in [0.717, 1.165) is 0 Å². The number of halogens is 4. The minimum Gasteiger partial charge on any atom is -0.467 e. The van der Waals surface area contributed by atoms with E-state index in [9.17, 15) is 13.2 Å². The van der Waals surface area contributed by atoms with Crippen LogP contribution in [0.1, 0.15) is 5.69 Å². The van der Waals surface area contributed by atoms with E-state index in [0.29, 0.717) is 5.69 Å². The molecule has 0 bridgehead atoms. The molecule has 1 heterocycles. The molecule has 0 saturated heterocycles. The highest BCUT2D eigenvalue weighted by Gasteiger charge is 2.29. The highest BCUT2D eigenvalue weighted by atomic mass is 79.9. The third-order valence-electron chi connectivity index (χ3n) is 1.38. The van der Waals surface area contributed by atoms with Crippen LogP contribution in [-0.4, -0.2) is 22.8 Å². The average Bonchev–Trinajstić information content (AvgIpc) is 2.07. The highest BCUT2D eigenvalue weighted by molar-refractivity contribution is 9.10. The topological polar surface area (TPSA) is 61.0 Å². The van der Waals surface area contributed by atoms with E-state index in [1.165, 1.54) is 0 Å². The van der Waals surface area contributed by atoms with Crippen molar-refractivity contribution in [1.29, 1.82) is 0 Å². The predicted molar refractivity (Wildman–Crippen MR) is 50.4 cm³/mol. The molecule has 15 heavy (non-hydrogen) atoms. The number of nitrogens with zero attached hydrogens (tertiary/aromatic N) is 2. The lowest BCUT2D eigenvalue weighted by Crippen LogP contribution is -2.20. The molecule has 0 radical (unpaired) electrons. The standard InChI is InChI=1S/C7H7BrF3N3O/c1-3-4(8)5(14-6(12)13-3)15-2-7(9,10)11/h2H2,1H3,(H2,12,13,14). The third-order valence-corrected chi connectivity index (χ3v) is 2.29. The molecule has 8 heteroatoms. The first-order valence-corrected chi connectivity index (χ1v) is 4.58. The zero-order valence-electron chi connectivity index (χ0n) is 7.60. The molecule has 0 amide bonds. The van der Waals surface area contributed by atoms with Crippen LogP contribution in [0, 0.1) is 6.92 Å². The Hall–Kier alpha value is -1.05. The molecular weight excluding hydrogens is 279 g/mol. The van der Waals surface area contributed by atoms with Crippen LogP contribution in [0.5, 0.6) is 5.88 Å². The van der Waals surface area contributed by atoms with E-state index in [4.69, 9.17) is 5.73 Å². The van der Waals surface area contributed by atoms with Gasteiger partial charge in [-0.05, 0) is 22.9 Å². The molecule has 0 fully saturated rings. The van der Waals surface area contributed by atoms with Crippen molar-refractivity contribution < 1.29 is 17.9 Å². The molecule has 1 rings (SSSR count).